The summed E-state index contributed by atoms with van der Waals surface area (Å²) in [4.78, 5) is 32.5. The van der Waals surface area contributed by atoms with Crippen molar-refractivity contribution in [2.75, 3.05) is 13.7 Å². The van der Waals surface area contributed by atoms with E-state index in [-0.39, 0.29) is 17.5 Å². The molecule has 0 aliphatic heterocycles. The van der Waals surface area contributed by atoms with E-state index < -0.39 is 0 Å². The van der Waals surface area contributed by atoms with Gasteiger partial charge in [0.1, 0.15) is 0 Å². The summed E-state index contributed by atoms with van der Waals surface area (Å²) in [6, 6.07) is 8.49. The highest BCUT2D eigenvalue weighted by atomic mass is 32.1. The van der Waals surface area contributed by atoms with Crippen molar-refractivity contribution in [3.8, 4) is 0 Å². The predicted octanol–water partition coefficient (Wildman–Crippen LogP) is 2.98. The lowest BCUT2D eigenvalue weighted by Gasteiger charge is -2.14. The van der Waals surface area contributed by atoms with Gasteiger partial charge in [-0.3, -0.25) is 19.1 Å². The predicted molar refractivity (Wildman–Crippen MR) is 110 cm³/mol. The Labute approximate surface area is 167 Å². The van der Waals surface area contributed by atoms with Crippen LogP contribution in [0.3, 0.4) is 0 Å². The van der Waals surface area contributed by atoms with Gasteiger partial charge in [0.2, 0.25) is 0 Å². The van der Waals surface area contributed by atoms with Gasteiger partial charge in [0.05, 0.1) is 16.9 Å². The van der Waals surface area contributed by atoms with Gasteiger partial charge in [-0.1, -0.05) is 6.07 Å². The van der Waals surface area contributed by atoms with Crippen LogP contribution in [0.15, 0.2) is 47.5 Å². The Morgan fingerprint density at radius 2 is 2.21 bits per heavy atom. The monoisotopic (exact) mass is 398 g/mol. The number of carbonyl (C=O) groups excluding carboxylic acids is 1. The Bertz CT molecular complexity index is 1090. The second-order valence-electron chi connectivity index (χ2n) is 6.48. The van der Waals surface area contributed by atoms with Crippen molar-refractivity contribution in [2.45, 2.75) is 25.9 Å². The molecule has 0 saturated heterocycles. The molecule has 0 saturated carbocycles. The number of nitrogens with one attached hydrogen (secondary N) is 2. The molecule has 0 bridgehead atoms. The number of H-pyrrole nitrogens is 1. The molecule has 1 unspecified atom stereocenters. The third-order valence-corrected chi connectivity index (χ3v) is 4.83. The Morgan fingerprint density at radius 3 is 2.93 bits per heavy atom. The fraction of sp³-hybridized carbons (Fsp3) is 0.300. The molecule has 3 aromatic rings. The molecule has 2 heterocycles. The average molecular weight is 398 g/mol. The molecule has 1 aromatic carbocycles. The van der Waals surface area contributed by atoms with Gasteiger partial charge in [-0.25, -0.2) is 0 Å². The van der Waals surface area contributed by atoms with Crippen molar-refractivity contribution in [3.63, 3.8) is 0 Å². The molecule has 8 heteroatoms. The van der Waals surface area contributed by atoms with Crippen LogP contribution in [0, 0.1) is 4.77 Å². The Balaban J connectivity index is 1.86. The van der Waals surface area contributed by atoms with Crippen molar-refractivity contribution < 1.29 is 9.53 Å². The SMILES string of the molecule is COCCCn1c(=S)[nH]c2cc(C(=O)NC(C)c3cccnc3)ccc2c1=O. The summed E-state index contributed by atoms with van der Waals surface area (Å²) in [6.45, 7) is 2.92. The maximum absolute atomic E-state index is 12.7. The van der Waals surface area contributed by atoms with Gasteiger partial charge in [-0.05, 0) is 55.4 Å². The number of methoxy groups -OCH3 is 1. The zero-order valence-electron chi connectivity index (χ0n) is 15.8. The summed E-state index contributed by atoms with van der Waals surface area (Å²) in [6.07, 6.45) is 4.09. The Morgan fingerprint density at radius 1 is 1.39 bits per heavy atom. The second-order valence-corrected chi connectivity index (χ2v) is 6.86. The number of fused-ring (bicyclic) bond motifs is 1. The van der Waals surface area contributed by atoms with Crippen molar-refractivity contribution in [1.82, 2.24) is 19.9 Å². The molecule has 0 aliphatic carbocycles. The van der Waals surface area contributed by atoms with Crippen molar-refractivity contribution in [2.24, 2.45) is 0 Å². The molecule has 2 N–H and O–H groups in total. The van der Waals surface area contributed by atoms with Gasteiger partial charge in [-0.15, -0.1) is 0 Å². The number of hydrogen-bond donors (Lipinski definition) is 2. The number of ether oxygens (including phenoxy) is 1. The Kier molecular flexibility index (Phi) is 6.33. The first-order valence-corrected chi connectivity index (χ1v) is 9.38. The molecule has 0 aliphatic rings. The highest BCUT2D eigenvalue weighted by molar-refractivity contribution is 7.71. The van der Waals surface area contributed by atoms with Crippen LogP contribution in [-0.2, 0) is 11.3 Å². The van der Waals surface area contributed by atoms with E-state index in [1.807, 2.05) is 19.1 Å². The van der Waals surface area contributed by atoms with Crippen LogP contribution < -0.4 is 10.9 Å². The van der Waals surface area contributed by atoms with Gasteiger partial charge in [0.15, 0.2) is 4.77 Å². The van der Waals surface area contributed by atoms with Crippen LogP contribution >= 0.6 is 12.2 Å². The van der Waals surface area contributed by atoms with E-state index in [4.69, 9.17) is 17.0 Å². The first-order valence-electron chi connectivity index (χ1n) is 8.98. The summed E-state index contributed by atoms with van der Waals surface area (Å²) in [5.74, 6) is -0.234. The zero-order valence-corrected chi connectivity index (χ0v) is 16.6. The molecule has 2 aromatic heterocycles. The molecule has 1 amide bonds. The first kappa shape index (κ1) is 19.9. The lowest BCUT2D eigenvalue weighted by Crippen LogP contribution is -2.27. The van der Waals surface area contributed by atoms with Crippen LogP contribution in [0.4, 0.5) is 0 Å². The third kappa shape index (κ3) is 4.35. The standard InChI is InChI=1S/C20H22N4O3S/c1-13(15-5-3-8-21-12-15)22-18(25)14-6-7-16-17(11-14)23-20(28)24(19(16)26)9-4-10-27-2/h3,5-8,11-13H,4,9-10H2,1-2H3,(H,22,25)(H,23,28). The van der Waals surface area contributed by atoms with Crippen LogP contribution in [-0.4, -0.2) is 34.2 Å². The molecular weight excluding hydrogens is 376 g/mol. The quantitative estimate of drug-likeness (QED) is 0.472. The minimum atomic E-state index is -0.234. The summed E-state index contributed by atoms with van der Waals surface area (Å²) >= 11 is 5.32. The molecule has 0 fully saturated rings. The normalized spacial score (nSPS) is 12.1. The second kappa shape index (κ2) is 8.90. The molecule has 28 heavy (non-hydrogen) atoms. The highest BCUT2D eigenvalue weighted by Crippen LogP contribution is 2.14. The van der Waals surface area contributed by atoms with Gasteiger partial charge in [0.25, 0.3) is 11.5 Å². The van der Waals surface area contributed by atoms with E-state index in [1.165, 1.54) is 4.57 Å². The van der Waals surface area contributed by atoms with E-state index in [1.54, 1.807) is 37.7 Å². The van der Waals surface area contributed by atoms with Crippen LogP contribution in [0.25, 0.3) is 10.9 Å². The van der Waals surface area contributed by atoms with E-state index in [0.717, 1.165) is 5.56 Å². The number of hydrogen-bond acceptors (Lipinski definition) is 5. The number of amides is 1. The largest absolute Gasteiger partial charge is 0.385 e. The van der Waals surface area contributed by atoms with E-state index in [0.29, 0.717) is 40.8 Å². The molecule has 1 atom stereocenters. The molecule has 146 valence electrons. The number of rotatable bonds is 7. The van der Waals surface area contributed by atoms with Crippen molar-refractivity contribution >= 4 is 29.0 Å². The lowest BCUT2D eigenvalue weighted by molar-refractivity contribution is 0.0940. The number of carbonyl (C=O) groups is 1. The minimum Gasteiger partial charge on any atom is -0.385 e. The van der Waals surface area contributed by atoms with Gasteiger partial charge < -0.3 is 15.0 Å². The summed E-state index contributed by atoms with van der Waals surface area (Å²) in [7, 11) is 1.62. The summed E-state index contributed by atoms with van der Waals surface area (Å²) in [5, 5.41) is 3.42. The van der Waals surface area contributed by atoms with Crippen LogP contribution in [0.5, 0.6) is 0 Å². The van der Waals surface area contributed by atoms with Crippen molar-refractivity contribution in [1.29, 1.82) is 0 Å². The molecule has 7 nitrogen and oxygen atoms in total. The van der Waals surface area contributed by atoms with Crippen LogP contribution in [0.1, 0.15) is 35.3 Å². The maximum Gasteiger partial charge on any atom is 0.262 e. The maximum atomic E-state index is 12.7. The Hall–Kier alpha value is -2.84. The molecule has 3 rings (SSSR count). The number of pyridine rings is 1. The third-order valence-electron chi connectivity index (χ3n) is 4.51. The fourth-order valence-electron chi connectivity index (χ4n) is 2.96. The molecular formula is C20H22N4O3S. The van der Waals surface area contributed by atoms with Crippen molar-refractivity contribution in [3.05, 3.63) is 69.0 Å². The van der Waals surface area contributed by atoms with Gasteiger partial charge in [-0.2, -0.15) is 0 Å². The lowest BCUT2D eigenvalue weighted by atomic mass is 10.1. The van der Waals surface area contributed by atoms with Crippen LogP contribution in [0.2, 0.25) is 0 Å². The number of nitrogens with zero attached hydrogens (tertiary/aromatic N) is 2. The summed E-state index contributed by atoms with van der Waals surface area (Å²) < 4.78 is 6.87. The zero-order chi connectivity index (χ0) is 20.1. The number of benzene rings is 1. The van der Waals surface area contributed by atoms with Gasteiger partial charge in [0, 0.05) is 38.2 Å². The summed E-state index contributed by atoms with van der Waals surface area (Å²) in [5.41, 5.74) is 1.73. The highest BCUT2D eigenvalue weighted by Gasteiger charge is 2.13. The van der Waals surface area contributed by atoms with E-state index in [9.17, 15) is 9.59 Å². The smallest absolute Gasteiger partial charge is 0.262 e. The molecule has 0 spiro atoms. The number of aromatic amines is 1. The van der Waals surface area contributed by atoms with Gasteiger partial charge >= 0.3 is 0 Å². The first-order chi connectivity index (χ1) is 13.5. The fourth-order valence-corrected chi connectivity index (χ4v) is 3.25. The number of aromatic nitrogens is 3. The molecule has 0 radical (unpaired) electrons. The minimum absolute atomic E-state index is 0.175. The topological polar surface area (TPSA) is 89.0 Å². The van der Waals surface area contributed by atoms with E-state index in [2.05, 4.69) is 15.3 Å². The average Bonchev–Trinajstić information content (AvgIpc) is 2.70. The van der Waals surface area contributed by atoms with E-state index >= 15 is 0 Å².